The van der Waals surface area contributed by atoms with Crippen LogP contribution in [0.15, 0.2) is 24.4 Å². The number of hydrogen-bond donors (Lipinski definition) is 2. The highest BCUT2D eigenvalue weighted by Crippen LogP contribution is 2.14. The molecule has 0 fully saturated rings. The van der Waals surface area contributed by atoms with Crippen LogP contribution in [0.5, 0.6) is 0 Å². The van der Waals surface area contributed by atoms with Crippen LogP contribution in [0.25, 0.3) is 0 Å². The van der Waals surface area contributed by atoms with Crippen molar-refractivity contribution in [1.29, 1.82) is 0 Å². The zero-order valence-corrected chi connectivity index (χ0v) is 11.3. The van der Waals surface area contributed by atoms with Crippen molar-refractivity contribution in [3.63, 3.8) is 0 Å². The SMILES string of the molecule is Cc1cc(C(N)=O)ccc1Cn1cc(C(=O)O)c(C)n1. The first-order valence-corrected chi connectivity index (χ1v) is 6.05. The summed E-state index contributed by atoms with van der Waals surface area (Å²) in [5.41, 5.74) is 8.20. The van der Waals surface area contributed by atoms with Gasteiger partial charge in [0.15, 0.2) is 0 Å². The summed E-state index contributed by atoms with van der Waals surface area (Å²) >= 11 is 0. The molecule has 2 aromatic rings. The summed E-state index contributed by atoms with van der Waals surface area (Å²) in [6.45, 7) is 3.97. The molecule has 6 nitrogen and oxygen atoms in total. The van der Waals surface area contributed by atoms with E-state index in [0.29, 0.717) is 17.8 Å². The number of nitrogens with zero attached hydrogens (tertiary/aromatic N) is 2. The summed E-state index contributed by atoms with van der Waals surface area (Å²) in [6.07, 6.45) is 1.50. The lowest BCUT2D eigenvalue weighted by Gasteiger charge is -2.07. The minimum absolute atomic E-state index is 0.191. The quantitative estimate of drug-likeness (QED) is 0.878. The van der Waals surface area contributed by atoms with Crippen molar-refractivity contribution < 1.29 is 14.7 Å². The van der Waals surface area contributed by atoms with Crippen molar-refractivity contribution in [2.75, 3.05) is 0 Å². The van der Waals surface area contributed by atoms with E-state index in [9.17, 15) is 9.59 Å². The number of nitrogens with two attached hydrogens (primary N) is 1. The van der Waals surface area contributed by atoms with Crippen molar-refractivity contribution in [2.24, 2.45) is 5.73 Å². The number of carboxylic acid groups (broad SMARTS) is 1. The fourth-order valence-corrected chi connectivity index (χ4v) is 2.01. The number of aryl methyl sites for hydroxylation is 2. The van der Waals surface area contributed by atoms with Crippen LogP contribution in [0.1, 0.15) is 37.5 Å². The summed E-state index contributed by atoms with van der Waals surface area (Å²) in [5.74, 6) is -1.46. The van der Waals surface area contributed by atoms with Crippen LogP contribution in [0.4, 0.5) is 0 Å². The minimum atomic E-state index is -0.991. The Balaban J connectivity index is 2.28. The number of rotatable bonds is 4. The first-order valence-electron chi connectivity index (χ1n) is 6.05. The molecule has 1 aromatic carbocycles. The largest absolute Gasteiger partial charge is 0.478 e. The molecule has 0 aliphatic rings. The molecule has 0 bridgehead atoms. The Morgan fingerprint density at radius 2 is 2.05 bits per heavy atom. The number of primary amides is 1. The Labute approximate surface area is 115 Å². The zero-order valence-electron chi connectivity index (χ0n) is 11.3. The van der Waals surface area contributed by atoms with E-state index >= 15 is 0 Å². The van der Waals surface area contributed by atoms with Gasteiger partial charge in [-0.1, -0.05) is 6.07 Å². The molecule has 1 amide bonds. The van der Waals surface area contributed by atoms with Gasteiger partial charge in [-0.05, 0) is 37.1 Å². The number of benzene rings is 1. The predicted octanol–water partition coefficient (Wildman–Crippen LogP) is 1.35. The van der Waals surface area contributed by atoms with E-state index < -0.39 is 11.9 Å². The van der Waals surface area contributed by atoms with Gasteiger partial charge in [0.05, 0.1) is 12.2 Å². The number of amides is 1. The molecule has 0 saturated heterocycles. The van der Waals surface area contributed by atoms with Crippen molar-refractivity contribution in [1.82, 2.24) is 9.78 Å². The molecule has 6 heteroatoms. The van der Waals surface area contributed by atoms with E-state index in [4.69, 9.17) is 10.8 Å². The third-order valence-electron chi connectivity index (χ3n) is 3.14. The van der Waals surface area contributed by atoms with E-state index in [1.807, 2.05) is 6.92 Å². The first-order chi connectivity index (χ1) is 9.38. The summed E-state index contributed by atoms with van der Waals surface area (Å²) in [5, 5.41) is 13.2. The lowest BCUT2D eigenvalue weighted by Crippen LogP contribution is -2.12. The van der Waals surface area contributed by atoms with E-state index in [-0.39, 0.29) is 5.56 Å². The lowest BCUT2D eigenvalue weighted by atomic mass is 10.0. The minimum Gasteiger partial charge on any atom is -0.478 e. The Hall–Kier alpha value is -2.63. The van der Waals surface area contributed by atoms with Gasteiger partial charge >= 0.3 is 5.97 Å². The van der Waals surface area contributed by atoms with E-state index in [1.54, 1.807) is 29.8 Å². The zero-order chi connectivity index (χ0) is 14.9. The highest BCUT2D eigenvalue weighted by atomic mass is 16.4. The molecule has 0 atom stereocenters. The standard InChI is InChI=1S/C14H15N3O3/c1-8-5-10(13(15)18)3-4-11(8)6-17-7-12(14(19)20)9(2)16-17/h3-5,7H,6H2,1-2H3,(H2,15,18)(H,19,20). The fourth-order valence-electron chi connectivity index (χ4n) is 2.01. The van der Waals surface area contributed by atoms with Gasteiger partial charge in [0.25, 0.3) is 0 Å². The molecule has 0 aliphatic heterocycles. The number of aromatic nitrogens is 2. The average Bonchev–Trinajstić information content (AvgIpc) is 2.73. The Kier molecular flexibility index (Phi) is 3.56. The Morgan fingerprint density at radius 3 is 2.55 bits per heavy atom. The second-order valence-electron chi connectivity index (χ2n) is 4.64. The van der Waals surface area contributed by atoms with Crippen LogP contribution in [0.2, 0.25) is 0 Å². The molecular weight excluding hydrogens is 258 g/mol. The van der Waals surface area contributed by atoms with Crippen LogP contribution >= 0.6 is 0 Å². The maximum atomic E-state index is 11.1. The average molecular weight is 273 g/mol. The van der Waals surface area contributed by atoms with Gasteiger partial charge in [0.1, 0.15) is 5.56 Å². The third-order valence-corrected chi connectivity index (χ3v) is 3.14. The molecule has 0 radical (unpaired) electrons. The van der Waals surface area contributed by atoms with Crippen molar-refractivity contribution in [3.05, 3.63) is 52.3 Å². The molecule has 0 saturated carbocycles. The van der Waals surface area contributed by atoms with Gasteiger partial charge in [-0.2, -0.15) is 5.10 Å². The molecule has 0 aliphatic carbocycles. The molecule has 1 aromatic heterocycles. The summed E-state index contributed by atoms with van der Waals surface area (Å²) in [7, 11) is 0. The smallest absolute Gasteiger partial charge is 0.339 e. The topological polar surface area (TPSA) is 98.2 Å². The van der Waals surface area contributed by atoms with Gasteiger partial charge in [-0.25, -0.2) is 4.79 Å². The highest BCUT2D eigenvalue weighted by molar-refractivity contribution is 5.93. The second-order valence-corrected chi connectivity index (χ2v) is 4.64. The van der Waals surface area contributed by atoms with Gasteiger partial charge in [-0.3, -0.25) is 9.48 Å². The van der Waals surface area contributed by atoms with Crippen molar-refractivity contribution in [2.45, 2.75) is 20.4 Å². The highest BCUT2D eigenvalue weighted by Gasteiger charge is 2.12. The summed E-state index contributed by atoms with van der Waals surface area (Å²) < 4.78 is 1.57. The summed E-state index contributed by atoms with van der Waals surface area (Å²) in [6, 6.07) is 5.16. The Morgan fingerprint density at radius 1 is 1.35 bits per heavy atom. The number of carbonyl (C=O) groups is 2. The van der Waals surface area contributed by atoms with Gasteiger partial charge in [0, 0.05) is 11.8 Å². The van der Waals surface area contributed by atoms with Crippen LogP contribution in [0.3, 0.4) is 0 Å². The lowest BCUT2D eigenvalue weighted by molar-refractivity contribution is 0.0695. The van der Waals surface area contributed by atoms with E-state index in [2.05, 4.69) is 5.10 Å². The molecular formula is C14H15N3O3. The van der Waals surface area contributed by atoms with Crippen molar-refractivity contribution >= 4 is 11.9 Å². The number of aromatic carboxylic acids is 1. The van der Waals surface area contributed by atoms with Crippen LogP contribution in [-0.4, -0.2) is 26.8 Å². The van der Waals surface area contributed by atoms with E-state index in [0.717, 1.165) is 11.1 Å². The van der Waals surface area contributed by atoms with Crippen LogP contribution < -0.4 is 5.73 Å². The maximum Gasteiger partial charge on any atom is 0.339 e. The molecule has 2 rings (SSSR count). The number of carbonyl (C=O) groups excluding carboxylic acids is 1. The molecule has 1 heterocycles. The normalized spacial score (nSPS) is 10.5. The monoisotopic (exact) mass is 273 g/mol. The predicted molar refractivity (Wildman–Crippen MR) is 72.7 cm³/mol. The van der Waals surface area contributed by atoms with E-state index in [1.165, 1.54) is 6.20 Å². The summed E-state index contributed by atoms with van der Waals surface area (Å²) in [4.78, 5) is 22.1. The van der Waals surface area contributed by atoms with Crippen molar-refractivity contribution in [3.8, 4) is 0 Å². The molecule has 3 N–H and O–H groups in total. The van der Waals surface area contributed by atoms with Gasteiger partial charge in [-0.15, -0.1) is 0 Å². The van der Waals surface area contributed by atoms with Crippen LogP contribution in [0, 0.1) is 13.8 Å². The van der Waals surface area contributed by atoms with Crippen LogP contribution in [-0.2, 0) is 6.54 Å². The van der Waals surface area contributed by atoms with Gasteiger partial charge < -0.3 is 10.8 Å². The number of carboxylic acids is 1. The molecule has 20 heavy (non-hydrogen) atoms. The second kappa shape index (κ2) is 5.16. The molecule has 104 valence electrons. The fraction of sp³-hybridized carbons (Fsp3) is 0.214. The number of hydrogen-bond acceptors (Lipinski definition) is 3. The maximum absolute atomic E-state index is 11.1. The van der Waals surface area contributed by atoms with Gasteiger partial charge in [0.2, 0.25) is 5.91 Å². The first kappa shape index (κ1) is 13.8. The third kappa shape index (κ3) is 2.69. The Bertz CT molecular complexity index is 689. The molecule has 0 spiro atoms. The molecule has 0 unspecified atom stereocenters.